The smallest absolute Gasteiger partial charge is 0.255 e. The Morgan fingerprint density at radius 3 is 2.95 bits per heavy atom. The van der Waals surface area contributed by atoms with E-state index in [1.54, 1.807) is 12.1 Å². The molecule has 0 radical (unpaired) electrons. The van der Waals surface area contributed by atoms with Gasteiger partial charge < -0.3 is 10.4 Å². The summed E-state index contributed by atoms with van der Waals surface area (Å²) in [6.45, 7) is 2.18. The van der Waals surface area contributed by atoms with Crippen LogP contribution in [0.25, 0.3) is 0 Å². The molecule has 2 unspecified atom stereocenters. The van der Waals surface area contributed by atoms with Gasteiger partial charge in [-0.05, 0) is 37.0 Å². The van der Waals surface area contributed by atoms with Gasteiger partial charge in [-0.1, -0.05) is 35.7 Å². The third-order valence-corrected chi connectivity index (χ3v) is 4.94. The quantitative estimate of drug-likeness (QED) is 0.798. The van der Waals surface area contributed by atoms with E-state index in [-0.39, 0.29) is 22.8 Å². The van der Waals surface area contributed by atoms with Gasteiger partial charge in [-0.25, -0.2) is 0 Å². The zero-order valence-electron chi connectivity index (χ0n) is 11.5. The van der Waals surface area contributed by atoms with Crippen molar-refractivity contribution in [1.29, 1.82) is 0 Å². The van der Waals surface area contributed by atoms with Crippen molar-refractivity contribution in [3.05, 3.63) is 28.2 Å². The number of carbonyl (C=O) groups excluding carboxylic acids is 1. The molecule has 2 N–H and O–H groups in total. The number of amides is 1. The highest BCUT2D eigenvalue weighted by Gasteiger charge is 2.36. The SMILES string of the molecule is CC1CCCC(CCl)(NC(=O)c2ccc(Br)cc2O)C1. The molecule has 1 aliphatic carbocycles. The lowest BCUT2D eigenvalue weighted by Crippen LogP contribution is -2.52. The second-order valence-corrected chi connectivity index (χ2v) is 6.91. The highest BCUT2D eigenvalue weighted by Crippen LogP contribution is 2.34. The molecule has 1 aromatic rings. The Kier molecular flexibility index (Phi) is 4.97. The molecule has 0 aromatic heterocycles. The van der Waals surface area contributed by atoms with Gasteiger partial charge in [0.25, 0.3) is 5.91 Å². The normalized spacial score (nSPS) is 26.2. The maximum atomic E-state index is 12.4. The molecule has 2 atom stereocenters. The summed E-state index contributed by atoms with van der Waals surface area (Å²) in [4.78, 5) is 12.4. The van der Waals surface area contributed by atoms with Crippen LogP contribution < -0.4 is 5.32 Å². The van der Waals surface area contributed by atoms with E-state index in [0.717, 1.165) is 23.7 Å². The Hall–Kier alpha value is -0.740. The Labute approximate surface area is 132 Å². The number of phenols is 1. The lowest BCUT2D eigenvalue weighted by Gasteiger charge is -2.39. The average molecular weight is 361 g/mol. The van der Waals surface area contributed by atoms with Crippen LogP contribution >= 0.6 is 27.5 Å². The van der Waals surface area contributed by atoms with Crippen molar-refractivity contribution in [2.45, 2.75) is 38.1 Å². The number of benzene rings is 1. The molecule has 110 valence electrons. The first-order valence-electron chi connectivity index (χ1n) is 6.83. The van der Waals surface area contributed by atoms with Crippen LogP contribution in [0.4, 0.5) is 0 Å². The molecule has 0 aliphatic heterocycles. The number of phenolic OH excluding ortho intramolecular Hbond substituents is 1. The number of hydrogen-bond acceptors (Lipinski definition) is 2. The highest BCUT2D eigenvalue weighted by molar-refractivity contribution is 9.10. The van der Waals surface area contributed by atoms with Gasteiger partial charge >= 0.3 is 0 Å². The van der Waals surface area contributed by atoms with Crippen molar-refractivity contribution in [3.63, 3.8) is 0 Å². The van der Waals surface area contributed by atoms with Crippen LogP contribution in [0.5, 0.6) is 5.75 Å². The van der Waals surface area contributed by atoms with Crippen molar-refractivity contribution in [2.75, 3.05) is 5.88 Å². The van der Waals surface area contributed by atoms with Gasteiger partial charge in [-0.15, -0.1) is 11.6 Å². The molecule has 5 heteroatoms. The topological polar surface area (TPSA) is 49.3 Å². The summed E-state index contributed by atoms with van der Waals surface area (Å²) in [5.41, 5.74) is -0.0635. The molecule has 0 heterocycles. The van der Waals surface area contributed by atoms with Gasteiger partial charge in [0.2, 0.25) is 0 Å². The summed E-state index contributed by atoms with van der Waals surface area (Å²) in [6.07, 6.45) is 4.03. The fourth-order valence-electron chi connectivity index (χ4n) is 2.93. The standard InChI is InChI=1S/C15H19BrClNO2/c1-10-3-2-6-15(8-10,9-17)18-14(20)12-5-4-11(16)7-13(12)19/h4-5,7,10,19H,2-3,6,8-9H2,1H3,(H,18,20). The summed E-state index contributed by atoms with van der Waals surface area (Å²) in [5, 5.41) is 12.9. The van der Waals surface area contributed by atoms with Gasteiger partial charge in [0.05, 0.1) is 11.1 Å². The van der Waals surface area contributed by atoms with E-state index >= 15 is 0 Å². The maximum Gasteiger partial charge on any atom is 0.255 e. The molecular formula is C15H19BrClNO2. The van der Waals surface area contributed by atoms with E-state index in [9.17, 15) is 9.90 Å². The van der Waals surface area contributed by atoms with Crippen molar-refractivity contribution >= 4 is 33.4 Å². The van der Waals surface area contributed by atoms with Crippen molar-refractivity contribution in [2.24, 2.45) is 5.92 Å². The number of aromatic hydroxyl groups is 1. The minimum Gasteiger partial charge on any atom is -0.507 e. The van der Waals surface area contributed by atoms with Crippen LogP contribution in [-0.2, 0) is 0 Å². The van der Waals surface area contributed by atoms with E-state index in [1.165, 1.54) is 12.5 Å². The Bertz CT molecular complexity index is 509. The van der Waals surface area contributed by atoms with E-state index in [1.807, 2.05) is 0 Å². The monoisotopic (exact) mass is 359 g/mol. The predicted octanol–water partition coefficient (Wildman–Crippen LogP) is 4.07. The molecule has 20 heavy (non-hydrogen) atoms. The molecular weight excluding hydrogens is 342 g/mol. The van der Waals surface area contributed by atoms with E-state index in [2.05, 4.69) is 28.2 Å². The van der Waals surface area contributed by atoms with Gasteiger partial charge in [-0.3, -0.25) is 4.79 Å². The third kappa shape index (κ3) is 3.47. The molecule has 1 aliphatic rings. The number of nitrogens with one attached hydrogen (secondary N) is 1. The minimum absolute atomic E-state index is 0.0227. The molecule has 2 rings (SSSR count). The predicted molar refractivity (Wildman–Crippen MR) is 84.4 cm³/mol. The summed E-state index contributed by atoms with van der Waals surface area (Å²) < 4.78 is 0.741. The molecule has 1 aromatic carbocycles. The molecule has 1 amide bonds. The number of hydrogen-bond donors (Lipinski definition) is 2. The second kappa shape index (κ2) is 6.35. The van der Waals surface area contributed by atoms with E-state index in [0.29, 0.717) is 11.8 Å². The van der Waals surface area contributed by atoms with Gasteiger partial charge in [0.1, 0.15) is 5.75 Å². The maximum absolute atomic E-state index is 12.4. The fraction of sp³-hybridized carbons (Fsp3) is 0.533. The summed E-state index contributed by atoms with van der Waals surface area (Å²) >= 11 is 9.38. The molecule has 1 fully saturated rings. The average Bonchev–Trinajstić information content (AvgIpc) is 2.38. The first kappa shape index (κ1) is 15.6. The fourth-order valence-corrected chi connectivity index (χ4v) is 3.59. The van der Waals surface area contributed by atoms with Crippen LogP contribution in [0.2, 0.25) is 0 Å². The van der Waals surface area contributed by atoms with Gasteiger partial charge in [-0.2, -0.15) is 0 Å². The van der Waals surface area contributed by atoms with Crippen LogP contribution in [0, 0.1) is 5.92 Å². The first-order chi connectivity index (χ1) is 9.46. The van der Waals surface area contributed by atoms with Crippen LogP contribution in [0.1, 0.15) is 43.0 Å². The number of carbonyl (C=O) groups is 1. The molecule has 1 saturated carbocycles. The van der Waals surface area contributed by atoms with Crippen LogP contribution in [0.15, 0.2) is 22.7 Å². The molecule has 0 saturated heterocycles. The summed E-state index contributed by atoms with van der Waals surface area (Å²) in [7, 11) is 0. The zero-order chi connectivity index (χ0) is 14.8. The van der Waals surface area contributed by atoms with Crippen molar-refractivity contribution < 1.29 is 9.90 Å². The Morgan fingerprint density at radius 2 is 2.35 bits per heavy atom. The number of halogens is 2. The van der Waals surface area contributed by atoms with Gasteiger partial charge in [0, 0.05) is 10.4 Å². The lowest BCUT2D eigenvalue weighted by atomic mass is 9.77. The minimum atomic E-state index is -0.351. The second-order valence-electron chi connectivity index (χ2n) is 5.73. The van der Waals surface area contributed by atoms with Crippen LogP contribution in [0.3, 0.4) is 0 Å². The summed E-state index contributed by atoms with van der Waals surface area (Å²) in [5.74, 6) is 0.678. The highest BCUT2D eigenvalue weighted by atomic mass is 79.9. The van der Waals surface area contributed by atoms with E-state index in [4.69, 9.17) is 11.6 Å². The number of rotatable bonds is 3. The van der Waals surface area contributed by atoms with E-state index < -0.39 is 0 Å². The van der Waals surface area contributed by atoms with Gasteiger partial charge in [0.15, 0.2) is 0 Å². The molecule has 0 spiro atoms. The molecule has 0 bridgehead atoms. The Balaban J connectivity index is 2.16. The van der Waals surface area contributed by atoms with Crippen molar-refractivity contribution in [3.8, 4) is 5.75 Å². The summed E-state index contributed by atoms with van der Waals surface area (Å²) in [6, 6.07) is 4.88. The van der Waals surface area contributed by atoms with Crippen LogP contribution in [-0.4, -0.2) is 22.4 Å². The number of alkyl halides is 1. The lowest BCUT2D eigenvalue weighted by molar-refractivity contribution is 0.0864. The largest absolute Gasteiger partial charge is 0.507 e. The third-order valence-electron chi connectivity index (χ3n) is 3.93. The van der Waals surface area contributed by atoms with Crippen molar-refractivity contribution in [1.82, 2.24) is 5.32 Å². The first-order valence-corrected chi connectivity index (χ1v) is 8.15. The zero-order valence-corrected chi connectivity index (χ0v) is 13.8. The molecule has 3 nitrogen and oxygen atoms in total. The Morgan fingerprint density at radius 1 is 1.60 bits per heavy atom.